The molecule has 1 aliphatic rings. The molecule has 0 radical (unpaired) electrons. The maximum atomic E-state index is 13.6. The lowest BCUT2D eigenvalue weighted by atomic mass is 10.1. The predicted octanol–water partition coefficient (Wildman–Crippen LogP) is 2.63. The standard InChI is InChI=1S/C22H23FN4O4/c1-13-17(21(29-2)26-22(25-13)30-3)10-20(28)27-6-7-31-19(12-27)18-9-15-8-16(23)5-4-14(15)11-24-18/h4-5,8-9,11,19H,6-7,10,12H2,1-3H3. The summed E-state index contributed by atoms with van der Waals surface area (Å²) in [5, 5.41) is 1.59. The van der Waals surface area contributed by atoms with Crippen LogP contribution < -0.4 is 9.47 Å². The van der Waals surface area contributed by atoms with Crippen LogP contribution in [0.3, 0.4) is 0 Å². The summed E-state index contributed by atoms with van der Waals surface area (Å²) in [5.41, 5.74) is 1.91. The van der Waals surface area contributed by atoms with E-state index in [0.717, 1.165) is 10.8 Å². The molecule has 1 aliphatic heterocycles. The lowest BCUT2D eigenvalue weighted by Gasteiger charge is -2.33. The fraction of sp³-hybridized carbons (Fsp3) is 0.364. The molecule has 1 amide bonds. The zero-order valence-electron chi connectivity index (χ0n) is 17.6. The summed E-state index contributed by atoms with van der Waals surface area (Å²) in [6, 6.07) is 6.55. The van der Waals surface area contributed by atoms with Crippen LogP contribution in [0.4, 0.5) is 4.39 Å². The Hall–Kier alpha value is -3.33. The Balaban J connectivity index is 1.52. The van der Waals surface area contributed by atoms with Crippen LogP contribution in [0.15, 0.2) is 30.5 Å². The number of morpholine rings is 1. The van der Waals surface area contributed by atoms with Gasteiger partial charge in [0.2, 0.25) is 11.8 Å². The van der Waals surface area contributed by atoms with E-state index < -0.39 is 0 Å². The first kappa shape index (κ1) is 20.9. The van der Waals surface area contributed by atoms with E-state index in [1.807, 2.05) is 6.07 Å². The van der Waals surface area contributed by atoms with Crippen LogP contribution in [-0.2, 0) is 16.0 Å². The molecule has 31 heavy (non-hydrogen) atoms. The number of aromatic nitrogens is 3. The number of hydrogen-bond donors (Lipinski definition) is 0. The molecular formula is C22H23FN4O4. The van der Waals surface area contributed by atoms with Crippen molar-refractivity contribution in [3.8, 4) is 11.9 Å². The minimum atomic E-state index is -0.388. The van der Waals surface area contributed by atoms with Crippen LogP contribution in [0.5, 0.6) is 11.9 Å². The van der Waals surface area contributed by atoms with Gasteiger partial charge < -0.3 is 19.1 Å². The van der Waals surface area contributed by atoms with Crippen molar-refractivity contribution in [3.63, 3.8) is 0 Å². The third kappa shape index (κ3) is 4.41. The molecule has 1 fully saturated rings. The summed E-state index contributed by atoms with van der Waals surface area (Å²) in [6.07, 6.45) is 1.40. The van der Waals surface area contributed by atoms with E-state index in [9.17, 15) is 9.18 Å². The molecule has 0 saturated carbocycles. The number of pyridine rings is 1. The van der Waals surface area contributed by atoms with Gasteiger partial charge in [0.25, 0.3) is 0 Å². The molecule has 0 aliphatic carbocycles. The van der Waals surface area contributed by atoms with E-state index in [1.165, 1.54) is 26.4 Å². The number of halogens is 1. The molecule has 1 atom stereocenters. The zero-order chi connectivity index (χ0) is 22.0. The first-order valence-electron chi connectivity index (χ1n) is 9.88. The number of fused-ring (bicyclic) bond motifs is 1. The van der Waals surface area contributed by atoms with Crippen molar-refractivity contribution >= 4 is 16.7 Å². The Morgan fingerprint density at radius 3 is 2.84 bits per heavy atom. The quantitative estimate of drug-likeness (QED) is 0.620. The third-order valence-electron chi connectivity index (χ3n) is 5.31. The van der Waals surface area contributed by atoms with Crippen LogP contribution in [0.2, 0.25) is 0 Å². The predicted molar refractivity (Wildman–Crippen MR) is 111 cm³/mol. The highest BCUT2D eigenvalue weighted by molar-refractivity contribution is 5.82. The molecule has 3 heterocycles. The van der Waals surface area contributed by atoms with Gasteiger partial charge in [-0.2, -0.15) is 4.98 Å². The van der Waals surface area contributed by atoms with Gasteiger partial charge in [0, 0.05) is 23.7 Å². The van der Waals surface area contributed by atoms with Crippen molar-refractivity contribution < 1.29 is 23.4 Å². The van der Waals surface area contributed by atoms with E-state index in [-0.39, 0.29) is 30.3 Å². The van der Waals surface area contributed by atoms with Crippen molar-refractivity contribution in [2.24, 2.45) is 0 Å². The molecule has 0 N–H and O–H groups in total. The van der Waals surface area contributed by atoms with Gasteiger partial charge >= 0.3 is 6.01 Å². The monoisotopic (exact) mass is 426 g/mol. The second-order valence-corrected chi connectivity index (χ2v) is 7.26. The van der Waals surface area contributed by atoms with Gasteiger partial charge in [-0.15, -0.1) is 0 Å². The van der Waals surface area contributed by atoms with Crippen molar-refractivity contribution in [3.05, 3.63) is 53.2 Å². The average molecular weight is 426 g/mol. The Bertz CT molecular complexity index is 1120. The van der Waals surface area contributed by atoms with Crippen LogP contribution in [0.25, 0.3) is 10.8 Å². The molecule has 2 aromatic heterocycles. The molecule has 1 unspecified atom stereocenters. The Labute approximate surface area is 179 Å². The number of ether oxygens (including phenoxy) is 3. The van der Waals surface area contributed by atoms with Gasteiger partial charge in [-0.05, 0) is 36.6 Å². The smallest absolute Gasteiger partial charge is 0.319 e. The van der Waals surface area contributed by atoms with Crippen molar-refractivity contribution in [2.45, 2.75) is 19.4 Å². The number of carbonyl (C=O) groups excluding carboxylic acids is 1. The number of hydrogen-bond acceptors (Lipinski definition) is 7. The minimum absolute atomic E-state index is 0.0877. The van der Waals surface area contributed by atoms with Gasteiger partial charge in [0.05, 0.1) is 45.2 Å². The lowest BCUT2D eigenvalue weighted by molar-refractivity contribution is -0.138. The van der Waals surface area contributed by atoms with E-state index in [0.29, 0.717) is 42.5 Å². The fourth-order valence-electron chi connectivity index (χ4n) is 3.63. The maximum Gasteiger partial charge on any atom is 0.319 e. The van der Waals surface area contributed by atoms with Crippen LogP contribution in [0.1, 0.15) is 23.1 Å². The number of methoxy groups -OCH3 is 2. The molecule has 9 heteroatoms. The largest absolute Gasteiger partial charge is 0.481 e. The molecule has 3 aromatic rings. The molecular weight excluding hydrogens is 403 g/mol. The number of amides is 1. The van der Waals surface area contributed by atoms with E-state index in [2.05, 4.69) is 15.0 Å². The van der Waals surface area contributed by atoms with Gasteiger partial charge in [-0.3, -0.25) is 9.78 Å². The van der Waals surface area contributed by atoms with Crippen molar-refractivity contribution in [1.29, 1.82) is 0 Å². The topological polar surface area (TPSA) is 86.7 Å². The minimum Gasteiger partial charge on any atom is -0.481 e. The molecule has 1 saturated heterocycles. The Morgan fingerprint density at radius 2 is 2.06 bits per heavy atom. The Kier molecular flexibility index (Phi) is 5.94. The zero-order valence-corrected chi connectivity index (χ0v) is 17.6. The van der Waals surface area contributed by atoms with Gasteiger partial charge in [-0.1, -0.05) is 0 Å². The summed E-state index contributed by atoms with van der Waals surface area (Å²) < 4.78 is 29.9. The summed E-state index contributed by atoms with van der Waals surface area (Å²) in [5.74, 6) is -0.0759. The number of benzene rings is 1. The summed E-state index contributed by atoms with van der Waals surface area (Å²) in [4.78, 5) is 27.6. The fourth-order valence-corrected chi connectivity index (χ4v) is 3.63. The number of carbonyl (C=O) groups is 1. The molecule has 0 spiro atoms. The average Bonchev–Trinajstić information content (AvgIpc) is 2.79. The normalized spacial score (nSPS) is 16.4. The van der Waals surface area contributed by atoms with E-state index in [4.69, 9.17) is 14.2 Å². The summed E-state index contributed by atoms with van der Waals surface area (Å²) >= 11 is 0. The highest BCUT2D eigenvalue weighted by Crippen LogP contribution is 2.26. The van der Waals surface area contributed by atoms with Crippen LogP contribution in [-0.4, -0.2) is 59.7 Å². The summed E-state index contributed by atoms with van der Waals surface area (Å²) in [6.45, 7) is 2.99. The van der Waals surface area contributed by atoms with Crippen LogP contribution >= 0.6 is 0 Å². The third-order valence-corrected chi connectivity index (χ3v) is 5.31. The SMILES string of the molecule is COc1nc(C)c(CC(=O)N2CCOC(c3cc4cc(F)ccc4cn3)C2)c(OC)n1. The van der Waals surface area contributed by atoms with Gasteiger partial charge in [0.15, 0.2) is 0 Å². The molecule has 4 rings (SSSR count). The second kappa shape index (κ2) is 8.81. The van der Waals surface area contributed by atoms with Crippen molar-refractivity contribution in [2.75, 3.05) is 33.9 Å². The lowest BCUT2D eigenvalue weighted by Crippen LogP contribution is -2.43. The molecule has 8 nitrogen and oxygen atoms in total. The Morgan fingerprint density at radius 1 is 1.23 bits per heavy atom. The maximum absolute atomic E-state index is 13.6. The number of aryl methyl sites for hydroxylation is 1. The second-order valence-electron chi connectivity index (χ2n) is 7.26. The molecule has 1 aromatic carbocycles. The number of nitrogens with zero attached hydrogens (tertiary/aromatic N) is 4. The summed E-state index contributed by atoms with van der Waals surface area (Å²) in [7, 11) is 2.97. The van der Waals surface area contributed by atoms with Gasteiger partial charge in [0.1, 0.15) is 11.9 Å². The first-order chi connectivity index (χ1) is 15.0. The van der Waals surface area contributed by atoms with Crippen molar-refractivity contribution in [1.82, 2.24) is 19.9 Å². The van der Waals surface area contributed by atoms with Gasteiger partial charge in [-0.25, -0.2) is 9.37 Å². The molecule has 162 valence electrons. The van der Waals surface area contributed by atoms with Crippen LogP contribution in [0, 0.1) is 12.7 Å². The van der Waals surface area contributed by atoms with E-state index in [1.54, 1.807) is 24.1 Å². The highest BCUT2D eigenvalue weighted by Gasteiger charge is 2.28. The van der Waals surface area contributed by atoms with E-state index >= 15 is 0 Å². The first-order valence-corrected chi connectivity index (χ1v) is 9.88. The molecule has 0 bridgehead atoms. The highest BCUT2D eigenvalue weighted by atomic mass is 19.1. The number of rotatable bonds is 5.